The Morgan fingerprint density at radius 1 is 1.09 bits per heavy atom. The van der Waals surface area contributed by atoms with Crippen LogP contribution in [0.15, 0.2) is 24.3 Å². The van der Waals surface area contributed by atoms with Gasteiger partial charge < -0.3 is 9.64 Å². The minimum atomic E-state index is 0.916. The second-order valence-electron chi connectivity index (χ2n) is 5.89. The number of aromatic amines is 1. The monoisotopic (exact) mass is 300 g/mol. The van der Waals surface area contributed by atoms with Gasteiger partial charge in [-0.25, -0.2) is 0 Å². The van der Waals surface area contributed by atoms with Gasteiger partial charge >= 0.3 is 0 Å². The number of aromatic nitrogens is 2. The SMILES string of the molecule is COc1ccc(CN2CCN(c3c(C)n[nH]c3C)CC2)cc1. The third kappa shape index (κ3) is 3.09. The van der Waals surface area contributed by atoms with Crippen LogP contribution in [-0.2, 0) is 6.54 Å². The molecule has 0 spiro atoms. The Labute approximate surface area is 131 Å². The molecule has 22 heavy (non-hydrogen) atoms. The smallest absolute Gasteiger partial charge is 0.118 e. The van der Waals surface area contributed by atoms with Gasteiger partial charge in [-0.05, 0) is 31.5 Å². The van der Waals surface area contributed by atoms with Crippen LogP contribution in [0.5, 0.6) is 5.75 Å². The third-order valence-corrected chi connectivity index (χ3v) is 4.34. The average Bonchev–Trinajstić information content (AvgIpc) is 2.88. The summed E-state index contributed by atoms with van der Waals surface area (Å²) in [5, 5.41) is 7.38. The van der Waals surface area contributed by atoms with Crippen molar-refractivity contribution < 1.29 is 4.74 Å². The number of nitrogens with one attached hydrogen (secondary N) is 1. The molecule has 1 fully saturated rings. The topological polar surface area (TPSA) is 44.4 Å². The molecule has 0 unspecified atom stereocenters. The number of benzene rings is 1. The number of methoxy groups -OCH3 is 1. The molecular weight excluding hydrogens is 276 g/mol. The van der Waals surface area contributed by atoms with Crippen LogP contribution >= 0.6 is 0 Å². The predicted octanol–water partition coefficient (Wildman–Crippen LogP) is 2.36. The van der Waals surface area contributed by atoms with Crippen molar-refractivity contribution in [2.75, 3.05) is 38.2 Å². The lowest BCUT2D eigenvalue weighted by molar-refractivity contribution is 0.249. The fourth-order valence-electron chi connectivity index (χ4n) is 3.13. The van der Waals surface area contributed by atoms with Gasteiger partial charge in [0.2, 0.25) is 0 Å². The molecule has 1 aliphatic heterocycles. The van der Waals surface area contributed by atoms with Crippen LogP contribution in [0.1, 0.15) is 17.0 Å². The lowest BCUT2D eigenvalue weighted by Crippen LogP contribution is -2.46. The van der Waals surface area contributed by atoms with Crippen LogP contribution in [-0.4, -0.2) is 48.4 Å². The standard InChI is InChI=1S/C17H24N4O/c1-13-17(14(2)19-18-13)21-10-8-20(9-11-21)12-15-4-6-16(22-3)7-5-15/h4-7H,8-12H2,1-3H3,(H,18,19). The second-order valence-corrected chi connectivity index (χ2v) is 5.89. The van der Waals surface area contributed by atoms with E-state index in [4.69, 9.17) is 4.74 Å². The van der Waals surface area contributed by atoms with Crippen LogP contribution < -0.4 is 9.64 Å². The zero-order chi connectivity index (χ0) is 15.5. The van der Waals surface area contributed by atoms with Crippen molar-refractivity contribution in [1.29, 1.82) is 0 Å². The molecule has 0 radical (unpaired) electrons. The summed E-state index contributed by atoms with van der Waals surface area (Å²) in [5.74, 6) is 0.916. The first-order chi connectivity index (χ1) is 10.7. The molecule has 118 valence electrons. The van der Waals surface area contributed by atoms with E-state index < -0.39 is 0 Å². The van der Waals surface area contributed by atoms with E-state index in [9.17, 15) is 0 Å². The number of rotatable bonds is 4. The van der Waals surface area contributed by atoms with E-state index in [1.165, 1.54) is 16.9 Å². The molecule has 5 nitrogen and oxygen atoms in total. The van der Waals surface area contributed by atoms with Crippen LogP contribution in [0.3, 0.4) is 0 Å². The van der Waals surface area contributed by atoms with Gasteiger partial charge in [-0.1, -0.05) is 12.1 Å². The Bertz CT molecular complexity index is 593. The molecule has 2 aromatic rings. The number of ether oxygens (including phenoxy) is 1. The van der Waals surface area contributed by atoms with E-state index in [2.05, 4.69) is 46.0 Å². The van der Waals surface area contributed by atoms with E-state index >= 15 is 0 Å². The quantitative estimate of drug-likeness (QED) is 0.941. The summed E-state index contributed by atoms with van der Waals surface area (Å²) in [6, 6.07) is 8.36. The van der Waals surface area contributed by atoms with Crippen LogP contribution in [0.4, 0.5) is 5.69 Å². The molecule has 0 aliphatic carbocycles. The molecular formula is C17H24N4O. The number of aryl methyl sites for hydroxylation is 2. The number of anilines is 1. The average molecular weight is 300 g/mol. The summed E-state index contributed by atoms with van der Waals surface area (Å²) >= 11 is 0. The van der Waals surface area contributed by atoms with Crippen molar-refractivity contribution in [2.45, 2.75) is 20.4 Å². The van der Waals surface area contributed by atoms with Crippen LogP contribution in [0, 0.1) is 13.8 Å². The van der Waals surface area contributed by atoms with Gasteiger partial charge in [0, 0.05) is 32.7 Å². The fraction of sp³-hybridized carbons (Fsp3) is 0.471. The van der Waals surface area contributed by atoms with Crippen molar-refractivity contribution in [3.63, 3.8) is 0 Å². The molecule has 1 N–H and O–H groups in total. The van der Waals surface area contributed by atoms with Gasteiger partial charge in [-0.3, -0.25) is 10.00 Å². The maximum absolute atomic E-state index is 5.21. The maximum Gasteiger partial charge on any atom is 0.118 e. The zero-order valence-corrected chi connectivity index (χ0v) is 13.6. The van der Waals surface area contributed by atoms with Gasteiger partial charge in [0.1, 0.15) is 5.75 Å². The Morgan fingerprint density at radius 3 is 2.32 bits per heavy atom. The molecule has 2 heterocycles. The third-order valence-electron chi connectivity index (χ3n) is 4.34. The lowest BCUT2D eigenvalue weighted by Gasteiger charge is -2.36. The summed E-state index contributed by atoms with van der Waals surface area (Å²) in [6.45, 7) is 9.43. The summed E-state index contributed by atoms with van der Waals surface area (Å²) in [7, 11) is 1.70. The first-order valence-corrected chi connectivity index (χ1v) is 7.79. The minimum Gasteiger partial charge on any atom is -0.497 e. The van der Waals surface area contributed by atoms with E-state index in [1.54, 1.807) is 7.11 Å². The van der Waals surface area contributed by atoms with Crippen molar-refractivity contribution in [3.05, 3.63) is 41.2 Å². The highest BCUT2D eigenvalue weighted by molar-refractivity contribution is 5.54. The van der Waals surface area contributed by atoms with Crippen LogP contribution in [0.2, 0.25) is 0 Å². The Hall–Kier alpha value is -2.01. The first-order valence-electron chi connectivity index (χ1n) is 7.79. The van der Waals surface area contributed by atoms with E-state index in [1.807, 2.05) is 12.1 Å². The van der Waals surface area contributed by atoms with Gasteiger partial charge in [0.05, 0.1) is 24.2 Å². The number of piperazine rings is 1. The lowest BCUT2D eigenvalue weighted by atomic mass is 10.1. The number of nitrogens with zero attached hydrogens (tertiary/aromatic N) is 3. The molecule has 0 atom stereocenters. The van der Waals surface area contributed by atoms with Crippen molar-refractivity contribution >= 4 is 5.69 Å². The molecule has 1 aromatic heterocycles. The molecule has 0 saturated carbocycles. The van der Waals surface area contributed by atoms with Gasteiger partial charge in [0.25, 0.3) is 0 Å². The molecule has 1 aliphatic rings. The maximum atomic E-state index is 5.21. The molecule has 3 rings (SSSR count). The highest BCUT2D eigenvalue weighted by Gasteiger charge is 2.21. The molecule has 5 heteroatoms. The Balaban J connectivity index is 1.57. The van der Waals surface area contributed by atoms with Crippen molar-refractivity contribution in [1.82, 2.24) is 15.1 Å². The summed E-state index contributed by atoms with van der Waals surface area (Å²) < 4.78 is 5.21. The van der Waals surface area contributed by atoms with E-state index in [0.29, 0.717) is 0 Å². The van der Waals surface area contributed by atoms with Crippen molar-refractivity contribution in [2.24, 2.45) is 0 Å². The van der Waals surface area contributed by atoms with E-state index in [0.717, 1.165) is 44.2 Å². The number of hydrogen-bond donors (Lipinski definition) is 1. The zero-order valence-electron chi connectivity index (χ0n) is 13.6. The normalized spacial score (nSPS) is 16.0. The fourth-order valence-corrected chi connectivity index (χ4v) is 3.13. The van der Waals surface area contributed by atoms with Crippen molar-refractivity contribution in [3.8, 4) is 5.75 Å². The highest BCUT2D eigenvalue weighted by Crippen LogP contribution is 2.23. The van der Waals surface area contributed by atoms with Gasteiger partial charge in [-0.2, -0.15) is 5.10 Å². The number of H-pyrrole nitrogens is 1. The summed E-state index contributed by atoms with van der Waals surface area (Å²) in [5.41, 5.74) is 4.89. The first kappa shape index (κ1) is 14.9. The predicted molar refractivity (Wildman–Crippen MR) is 88.5 cm³/mol. The van der Waals surface area contributed by atoms with E-state index in [-0.39, 0.29) is 0 Å². The molecule has 1 aromatic carbocycles. The van der Waals surface area contributed by atoms with Crippen LogP contribution in [0.25, 0.3) is 0 Å². The largest absolute Gasteiger partial charge is 0.497 e. The molecule has 0 amide bonds. The Kier molecular flexibility index (Phi) is 4.34. The Morgan fingerprint density at radius 2 is 1.77 bits per heavy atom. The summed E-state index contributed by atoms with van der Waals surface area (Å²) in [6.07, 6.45) is 0. The summed E-state index contributed by atoms with van der Waals surface area (Å²) in [4.78, 5) is 4.95. The van der Waals surface area contributed by atoms with Gasteiger partial charge in [0.15, 0.2) is 0 Å². The molecule has 0 bridgehead atoms. The number of hydrogen-bond acceptors (Lipinski definition) is 4. The molecule has 1 saturated heterocycles. The highest BCUT2D eigenvalue weighted by atomic mass is 16.5. The second kappa shape index (κ2) is 6.40. The van der Waals surface area contributed by atoms with Gasteiger partial charge in [-0.15, -0.1) is 0 Å². The minimum absolute atomic E-state index is 0.916.